The highest BCUT2D eigenvalue weighted by molar-refractivity contribution is 5.95. The zero-order chi connectivity index (χ0) is 22.1. The van der Waals surface area contributed by atoms with E-state index in [1.54, 1.807) is 18.2 Å². The summed E-state index contributed by atoms with van der Waals surface area (Å²) in [4.78, 5) is 24.4. The van der Waals surface area contributed by atoms with Crippen LogP contribution in [0, 0.1) is 0 Å². The molecule has 0 radical (unpaired) electrons. The van der Waals surface area contributed by atoms with Crippen molar-refractivity contribution in [1.29, 1.82) is 0 Å². The lowest BCUT2D eigenvalue weighted by molar-refractivity contribution is 0.0926. The third kappa shape index (κ3) is 4.31. The first-order valence-electron chi connectivity index (χ1n) is 11.6. The van der Waals surface area contributed by atoms with Crippen molar-refractivity contribution in [2.75, 3.05) is 31.1 Å². The topological polar surface area (TPSA) is 88.6 Å². The number of fused-ring (bicyclic) bond motifs is 2. The first-order chi connectivity index (χ1) is 15.6. The summed E-state index contributed by atoms with van der Waals surface area (Å²) in [6.45, 7) is 0.210. The van der Waals surface area contributed by atoms with Gasteiger partial charge in [-0.15, -0.1) is 0 Å². The zero-order valence-corrected chi connectivity index (χ0v) is 18.8. The van der Waals surface area contributed by atoms with Crippen LogP contribution in [0.2, 0.25) is 0 Å². The number of hydrogen-bond acceptors (Lipinski definition) is 7. The lowest BCUT2D eigenvalue weighted by Gasteiger charge is -2.30. The van der Waals surface area contributed by atoms with Gasteiger partial charge in [0.05, 0.1) is 5.69 Å². The maximum absolute atomic E-state index is 12.7. The highest BCUT2D eigenvalue weighted by Crippen LogP contribution is 2.33. The van der Waals surface area contributed by atoms with Crippen LogP contribution in [0.5, 0.6) is 11.5 Å². The minimum atomic E-state index is -0.0617. The number of aryl methyl sites for hydroxylation is 1. The number of hydrogen-bond donors (Lipinski definition) is 2. The summed E-state index contributed by atoms with van der Waals surface area (Å²) in [7, 11) is 4.10. The molecule has 1 aliphatic heterocycles. The summed E-state index contributed by atoms with van der Waals surface area (Å²) >= 11 is 0. The Morgan fingerprint density at radius 3 is 2.56 bits per heavy atom. The number of nitrogens with zero attached hydrogens (tertiary/aromatic N) is 3. The van der Waals surface area contributed by atoms with Crippen LogP contribution in [0.1, 0.15) is 60.1 Å². The van der Waals surface area contributed by atoms with E-state index >= 15 is 0 Å². The summed E-state index contributed by atoms with van der Waals surface area (Å²) in [5.41, 5.74) is 3.11. The highest BCUT2D eigenvalue weighted by atomic mass is 16.7. The first-order valence-corrected chi connectivity index (χ1v) is 11.6. The molecule has 0 spiro atoms. The van der Waals surface area contributed by atoms with E-state index in [0.717, 1.165) is 50.3 Å². The van der Waals surface area contributed by atoms with E-state index in [9.17, 15) is 4.79 Å². The van der Waals surface area contributed by atoms with Gasteiger partial charge in [0, 0.05) is 37.3 Å². The summed E-state index contributed by atoms with van der Waals surface area (Å²) < 4.78 is 10.7. The average molecular weight is 438 g/mol. The van der Waals surface area contributed by atoms with Crippen LogP contribution < -0.4 is 25.0 Å². The summed E-state index contributed by atoms with van der Waals surface area (Å²) in [5.74, 6) is 3.04. The fourth-order valence-electron chi connectivity index (χ4n) is 4.88. The Bertz CT molecular complexity index is 1000. The van der Waals surface area contributed by atoms with Crippen LogP contribution in [0.25, 0.3) is 0 Å². The van der Waals surface area contributed by atoms with Gasteiger partial charge < -0.3 is 25.0 Å². The zero-order valence-electron chi connectivity index (χ0n) is 18.8. The maximum Gasteiger partial charge on any atom is 0.251 e. The molecule has 8 heteroatoms. The third-order valence-corrected chi connectivity index (χ3v) is 6.62. The number of anilines is 2. The van der Waals surface area contributed by atoms with Crippen LogP contribution in [-0.4, -0.2) is 48.8 Å². The van der Waals surface area contributed by atoms with Crippen molar-refractivity contribution >= 4 is 17.7 Å². The molecule has 1 aromatic heterocycles. The van der Waals surface area contributed by atoms with E-state index in [1.807, 2.05) is 0 Å². The van der Waals surface area contributed by atoms with E-state index < -0.39 is 0 Å². The van der Waals surface area contributed by atoms with Crippen molar-refractivity contribution < 1.29 is 14.3 Å². The van der Waals surface area contributed by atoms with Gasteiger partial charge in [-0.1, -0.05) is 0 Å². The molecule has 5 rings (SSSR count). The molecule has 1 saturated carbocycles. The Labute approximate surface area is 188 Å². The molecular weight excluding hydrogens is 406 g/mol. The third-order valence-electron chi connectivity index (χ3n) is 6.62. The molecule has 3 aliphatic rings. The van der Waals surface area contributed by atoms with Crippen LogP contribution in [0.15, 0.2) is 18.2 Å². The highest BCUT2D eigenvalue weighted by Gasteiger charge is 2.25. The van der Waals surface area contributed by atoms with E-state index in [0.29, 0.717) is 23.1 Å². The monoisotopic (exact) mass is 437 g/mol. The maximum atomic E-state index is 12.7. The summed E-state index contributed by atoms with van der Waals surface area (Å²) in [5, 5.41) is 6.74. The van der Waals surface area contributed by atoms with Gasteiger partial charge >= 0.3 is 0 Å². The van der Waals surface area contributed by atoms with Gasteiger partial charge in [0.2, 0.25) is 12.7 Å². The Balaban J connectivity index is 1.17. The van der Waals surface area contributed by atoms with Gasteiger partial charge in [0.1, 0.15) is 5.82 Å². The molecule has 0 bridgehead atoms. The standard InChI is InChI=1S/C24H31N5O3/c1-29(2)22-18-5-3-4-6-19(18)27-24(28-22)26-17-10-8-16(9-11-17)25-23(30)15-7-12-20-21(13-15)32-14-31-20/h7,12-13,16-17H,3-6,8-11,14H2,1-2H3,(H,25,30)(H,26,27,28)/t16-,17+. The molecule has 1 amide bonds. The average Bonchev–Trinajstić information content (AvgIpc) is 3.27. The van der Waals surface area contributed by atoms with E-state index in [1.165, 1.54) is 24.1 Å². The molecular formula is C24H31N5O3. The molecule has 0 unspecified atom stereocenters. The summed E-state index contributed by atoms with van der Waals surface area (Å²) in [6, 6.07) is 5.82. The van der Waals surface area contributed by atoms with Crippen LogP contribution in [0.3, 0.4) is 0 Å². The number of carbonyl (C=O) groups is 1. The molecule has 0 saturated heterocycles. The number of nitrogens with one attached hydrogen (secondary N) is 2. The molecule has 8 nitrogen and oxygen atoms in total. The second kappa shape index (κ2) is 8.84. The van der Waals surface area contributed by atoms with Crippen molar-refractivity contribution in [3.8, 4) is 11.5 Å². The second-order valence-electron chi connectivity index (χ2n) is 9.13. The predicted molar refractivity (Wildman–Crippen MR) is 123 cm³/mol. The first kappa shape index (κ1) is 20.8. The number of amides is 1. The minimum absolute atomic E-state index is 0.0617. The number of rotatable bonds is 5. The number of benzene rings is 1. The molecule has 0 atom stereocenters. The fourth-order valence-corrected chi connectivity index (χ4v) is 4.88. The second-order valence-corrected chi connectivity index (χ2v) is 9.13. The summed E-state index contributed by atoms with van der Waals surface area (Å²) in [6.07, 6.45) is 8.33. The van der Waals surface area contributed by atoms with E-state index in [-0.39, 0.29) is 18.7 Å². The van der Waals surface area contributed by atoms with Gasteiger partial charge in [-0.2, -0.15) is 4.98 Å². The van der Waals surface area contributed by atoms with Crippen molar-refractivity contribution in [2.24, 2.45) is 0 Å². The Morgan fingerprint density at radius 1 is 1.00 bits per heavy atom. The molecule has 2 aliphatic carbocycles. The molecule has 32 heavy (non-hydrogen) atoms. The number of aromatic nitrogens is 2. The largest absolute Gasteiger partial charge is 0.454 e. The van der Waals surface area contributed by atoms with Crippen molar-refractivity contribution in [3.63, 3.8) is 0 Å². The molecule has 170 valence electrons. The lowest BCUT2D eigenvalue weighted by Crippen LogP contribution is -2.40. The Morgan fingerprint density at radius 2 is 1.75 bits per heavy atom. The van der Waals surface area contributed by atoms with Crippen LogP contribution in [-0.2, 0) is 12.8 Å². The van der Waals surface area contributed by atoms with Crippen molar-refractivity contribution in [2.45, 2.75) is 63.5 Å². The van der Waals surface area contributed by atoms with Crippen molar-refractivity contribution in [1.82, 2.24) is 15.3 Å². The minimum Gasteiger partial charge on any atom is -0.454 e. The van der Waals surface area contributed by atoms with E-state index in [2.05, 4.69) is 29.6 Å². The quantitative estimate of drug-likeness (QED) is 0.742. The molecule has 2 N–H and O–H groups in total. The van der Waals surface area contributed by atoms with Gasteiger partial charge in [0.25, 0.3) is 5.91 Å². The van der Waals surface area contributed by atoms with Crippen molar-refractivity contribution in [3.05, 3.63) is 35.0 Å². The smallest absolute Gasteiger partial charge is 0.251 e. The Hall–Kier alpha value is -3.03. The van der Waals surface area contributed by atoms with Crippen LogP contribution in [0.4, 0.5) is 11.8 Å². The Kier molecular flexibility index (Phi) is 5.76. The van der Waals surface area contributed by atoms with Gasteiger partial charge in [-0.25, -0.2) is 4.98 Å². The SMILES string of the molecule is CN(C)c1nc(N[C@H]2CC[C@@H](NC(=O)c3ccc4c(c3)OCO4)CC2)nc2c1CCCC2. The van der Waals surface area contributed by atoms with E-state index in [4.69, 9.17) is 19.4 Å². The normalized spacial score (nSPS) is 21.6. The molecule has 1 aromatic carbocycles. The molecule has 2 aromatic rings. The van der Waals surface area contributed by atoms with Gasteiger partial charge in [-0.05, 0) is 69.6 Å². The van der Waals surface area contributed by atoms with Crippen LogP contribution >= 0.6 is 0 Å². The van der Waals surface area contributed by atoms with Gasteiger partial charge in [-0.3, -0.25) is 4.79 Å². The molecule has 1 fully saturated rings. The molecule has 2 heterocycles. The van der Waals surface area contributed by atoms with Gasteiger partial charge in [0.15, 0.2) is 11.5 Å². The number of carbonyl (C=O) groups excluding carboxylic acids is 1. The lowest BCUT2D eigenvalue weighted by atomic mass is 9.91. The fraction of sp³-hybridized carbons (Fsp3) is 0.542. The number of ether oxygens (including phenoxy) is 2. The predicted octanol–water partition coefficient (Wildman–Crippen LogP) is 3.30.